The first kappa shape index (κ1) is 11.2. The molecule has 0 saturated carbocycles. The van der Waals surface area contributed by atoms with Crippen LogP contribution < -0.4 is 0 Å². The van der Waals surface area contributed by atoms with Crippen LogP contribution in [0, 0.1) is 0 Å². The van der Waals surface area contributed by atoms with Gasteiger partial charge in [0.25, 0.3) is 0 Å². The number of rotatable bonds is 6. The van der Waals surface area contributed by atoms with Crippen LogP contribution in [0.4, 0.5) is 0 Å². The zero-order valence-corrected chi connectivity index (χ0v) is 8.95. The normalized spacial score (nSPS) is 24.4. The lowest BCUT2D eigenvalue weighted by molar-refractivity contribution is -0.0309. The van der Waals surface area contributed by atoms with Gasteiger partial charge in [-0.1, -0.05) is 36.5 Å². The molecule has 0 aliphatic heterocycles. The summed E-state index contributed by atoms with van der Waals surface area (Å²) in [6.45, 7) is 12.7. The summed E-state index contributed by atoms with van der Waals surface area (Å²) in [5.41, 5.74) is 2.06. The first-order chi connectivity index (χ1) is 6.59. The van der Waals surface area contributed by atoms with Crippen LogP contribution in [0.5, 0.6) is 0 Å². The molecule has 0 spiro atoms. The van der Waals surface area contributed by atoms with Gasteiger partial charge in [0, 0.05) is 0 Å². The molecule has 2 nitrogen and oxygen atoms in total. The molecule has 2 unspecified atom stereocenters. The van der Waals surface area contributed by atoms with Gasteiger partial charge < -0.3 is 9.47 Å². The van der Waals surface area contributed by atoms with Gasteiger partial charge in [-0.3, -0.25) is 0 Å². The Morgan fingerprint density at radius 1 is 1.00 bits per heavy atom. The largest absolute Gasteiger partial charge is 0.367 e. The van der Waals surface area contributed by atoms with Crippen LogP contribution in [-0.2, 0) is 9.47 Å². The molecule has 0 N–H and O–H groups in total. The van der Waals surface area contributed by atoms with Crippen molar-refractivity contribution in [1.82, 2.24) is 0 Å². The molecular weight excluding hydrogens is 176 g/mol. The Hall–Kier alpha value is -0.860. The quantitative estimate of drug-likeness (QED) is 0.605. The van der Waals surface area contributed by atoms with Crippen molar-refractivity contribution in [3.8, 4) is 0 Å². The Kier molecular flexibility index (Phi) is 4.11. The van der Waals surface area contributed by atoms with Crippen molar-refractivity contribution in [2.75, 3.05) is 13.2 Å². The third kappa shape index (κ3) is 3.48. The molecule has 0 radical (unpaired) electrons. The molecule has 2 heteroatoms. The summed E-state index contributed by atoms with van der Waals surface area (Å²) < 4.78 is 11.1. The molecule has 0 bridgehead atoms. The molecular formula is C12H18O2. The SMILES string of the molecule is C=C(C)COC1C=CC1OCC(=C)C. The second-order valence-electron chi connectivity index (χ2n) is 3.85. The van der Waals surface area contributed by atoms with E-state index in [9.17, 15) is 0 Å². The molecule has 14 heavy (non-hydrogen) atoms. The lowest BCUT2D eigenvalue weighted by atomic mass is 10.0. The van der Waals surface area contributed by atoms with Gasteiger partial charge in [-0.25, -0.2) is 0 Å². The summed E-state index contributed by atoms with van der Waals surface area (Å²) in [7, 11) is 0. The fourth-order valence-corrected chi connectivity index (χ4v) is 1.07. The van der Waals surface area contributed by atoms with Crippen molar-refractivity contribution in [1.29, 1.82) is 0 Å². The maximum Gasteiger partial charge on any atom is 0.106 e. The summed E-state index contributed by atoms with van der Waals surface area (Å²) >= 11 is 0. The van der Waals surface area contributed by atoms with Crippen LogP contribution in [0.25, 0.3) is 0 Å². The zero-order chi connectivity index (χ0) is 10.6. The van der Waals surface area contributed by atoms with Gasteiger partial charge in [-0.2, -0.15) is 0 Å². The van der Waals surface area contributed by atoms with Crippen LogP contribution >= 0.6 is 0 Å². The summed E-state index contributed by atoms with van der Waals surface area (Å²) in [4.78, 5) is 0. The van der Waals surface area contributed by atoms with Crippen LogP contribution in [0.1, 0.15) is 13.8 Å². The van der Waals surface area contributed by atoms with Gasteiger partial charge >= 0.3 is 0 Å². The molecule has 0 aromatic rings. The Morgan fingerprint density at radius 3 is 1.57 bits per heavy atom. The Bertz CT molecular complexity index is 227. The summed E-state index contributed by atoms with van der Waals surface area (Å²) in [5, 5.41) is 0. The van der Waals surface area contributed by atoms with Gasteiger partial charge in [0.2, 0.25) is 0 Å². The predicted molar refractivity (Wildman–Crippen MR) is 58.2 cm³/mol. The van der Waals surface area contributed by atoms with E-state index in [0.29, 0.717) is 13.2 Å². The minimum atomic E-state index is 0.0889. The van der Waals surface area contributed by atoms with Crippen molar-refractivity contribution in [2.24, 2.45) is 0 Å². The smallest absolute Gasteiger partial charge is 0.106 e. The van der Waals surface area contributed by atoms with Crippen LogP contribution in [-0.4, -0.2) is 25.4 Å². The molecule has 1 aliphatic rings. The van der Waals surface area contributed by atoms with Crippen molar-refractivity contribution < 1.29 is 9.47 Å². The third-order valence-electron chi connectivity index (χ3n) is 1.86. The number of hydrogen-bond acceptors (Lipinski definition) is 2. The van der Waals surface area contributed by atoms with E-state index in [1.54, 1.807) is 0 Å². The van der Waals surface area contributed by atoms with Crippen molar-refractivity contribution >= 4 is 0 Å². The lowest BCUT2D eigenvalue weighted by Crippen LogP contribution is -2.36. The molecule has 1 aliphatic carbocycles. The van der Waals surface area contributed by atoms with Crippen molar-refractivity contribution in [2.45, 2.75) is 26.1 Å². The molecule has 1 rings (SSSR count). The number of ether oxygens (including phenoxy) is 2. The van der Waals surface area contributed by atoms with Gasteiger partial charge in [-0.05, 0) is 13.8 Å². The van der Waals surface area contributed by atoms with Crippen molar-refractivity contribution in [3.05, 3.63) is 36.5 Å². The zero-order valence-electron chi connectivity index (χ0n) is 8.95. The fourth-order valence-electron chi connectivity index (χ4n) is 1.07. The van der Waals surface area contributed by atoms with Gasteiger partial charge in [0.1, 0.15) is 12.2 Å². The van der Waals surface area contributed by atoms with E-state index in [-0.39, 0.29) is 12.2 Å². The monoisotopic (exact) mass is 194 g/mol. The first-order valence-corrected chi connectivity index (χ1v) is 4.80. The highest BCUT2D eigenvalue weighted by Crippen LogP contribution is 2.18. The van der Waals surface area contributed by atoms with Crippen LogP contribution in [0.15, 0.2) is 36.5 Å². The molecule has 0 aromatic carbocycles. The van der Waals surface area contributed by atoms with E-state index in [4.69, 9.17) is 9.47 Å². The molecule has 0 fully saturated rings. The maximum atomic E-state index is 5.54. The van der Waals surface area contributed by atoms with Crippen molar-refractivity contribution in [3.63, 3.8) is 0 Å². The van der Waals surface area contributed by atoms with E-state index >= 15 is 0 Å². The number of hydrogen-bond donors (Lipinski definition) is 0. The molecule has 2 atom stereocenters. The highest BCUT2D eigenvalue weighted by molar-refractivity contribution is 5.14. The topological polar surface area (TPSA) is 18.5 Å². The fraction of sp³-hybridized carbons (Fsp3) is 0.500. The van der Waals surface area contributed by atoms with E-state index < -0.39 is 0 Å². The van der Waals surface area contributed by atoms with Crippen LogP contribution in [0.3, 0.4) is 0 Å². The molecule has 0 amide bonds. The van der Waals surface area contributed by atoms with E-state index in [1.165, 1.54) is 0 Å². The average Bonchev–Trinajstić information content (AvgIpc) is 2.01. The first-order valence-electron chi connectivity index (χ1n) is 4.80. The molecule has 78 valence electrons. The van der Waals surface area contributed by atoms with E-state index in [2.05, 4.69) is 13.2 Å². The standard InChI is InChI=1S/C12H18O2/c1-9(2)7-13-11-5-6-12(11)14-8-10(3)4/h5-6,11-12H,1,3,7-8H2,2,4H3. The minimum Gasteiger partial charge on any atom is -0.367 e. The molecule has 0 aromatic heterocycles. The molecule has 0 saturated heterocycles. The summed E-state index contributed by atoms with van der Waals surface area (Å²) in [5.74, 6) is 0. The average molecular weight is 194 g/mol. The maximum absolute atomic E-state index is 5.54. The van der Waals surface area contributed by atoms with E-state index in [1.807, 2.05) is 26.0 Å². The van der Waals surface area contributed by atoms with Gasteiger partial charge in [-0.15, -0.1) is 0 Å². The second kappa shape index (κ2) is 5.13. The Morgan fingerprint density at radius 2 is 1.36 bits per heavy atom. The summed E-state index contributed by atoms with van der Waals surface area (Å²) in [6, 6.07) is 0. The van der Waals surface area contributed by atoms with Gasteiger partial charge in [0.15, 0.2) is 0 Å². The second-order valence-corrected chi connectivity index (χ2v) is 3.85. The van der Waals surface area contributed by atoms with E-state index in [0.717, 1.165) is 11.1 Å². The van der Waals surface area contributed by atoms with Gasteiger partial charge in [0.05, 0.1) is 13.2 Å². The Labute approximate surface area is 85.9 Å². The predicted octanol–water partition coefficient (Wildman–Crippen LogP) is 2.48. The minimum absolute atomic E-state index is 0.0889. The summed E-state index contributed by atoms with van der Waals surface area (Å²) in [6.07, 6.45) is 4.19. The third-order valence-corrected chi connectivity index (χ3v) is 1.86. The Balaban J connectivity index is 2.19. The lowest BCUT2D eigenvalue weighted by Gasteiger charge is -2.29. The highest BCUT2D eigenvalue weighted by Gasteiger charge is 2.25. The van der Waals surface area contributed by atoms with Crippen LogP contribution in [0.2, 0.25) is 0 Å². The molecule has 0 heterocycles. The highest BCUT2D eigenvalue weighted by atomic mass is 16.5.